The number of carbonyl (C=O) groups is 3. The van der Waals surface area contributed by atoms with Gasteiger partial charge in [-0.1, -0.05) is 19.4 Å². The Bertz CT molecular complexity index is 333. The molecule has 1 atom stereocenters. The highest BCUT2D eigenvalue weighted by Gasteiger charge is 2.24. The van der Waals surface area contributed by atoms with Gasteiger partial charge in [0.1, 0.15) is 0 Å². The van der Waals surface area contributed by atoms with Crippen molar-refractivity contribution < 1.29 is 29.3 Å². The summed E-state index contributed by atoms with van der Waals surface area (Å²) >= 11 is 0. The lowest BCUT2D eigenvalue weighted by Crippen LogP contribution is -2.20. The van der Waals surface area contributed by atoms with Crippen molar-refractivity contribution in [2.24, 2.45) is 5.92 Å². The molecular formula is C12H18O6. The second-order valence-electron chi connectivity index (χ2n) is 3.91. The number of esters is 1. The number of hydrogen-bond acceptors (Lipinski definition) is 4. The lowest BCUT2D eigenvalue weighted by Gasteiger charge is -2.11. The fourth-order valence-corrected chi connectivity index (χ4v) is 1.44. The largest absolute Gasteiger partial charge is 0.481 e. The van der Waals surface area contributed by atoms with E-state index in [9.17, 15) is 14.4 Å². The molecule has 0 saturated carbocycles. The highest BCUT2D eigenvalue weighted by atomic mass is 16.5. The minimum Gasteiger partial charge on any atom is -0.481 e. The molecule has 0 bridgehead atoms. The molecular weight excluding hydrogens is 240 g/mol. The molecule has 0 aromatic rings. The van der Waals surface area contributed by atoms with Crippen molar-refractivity contribution in [3.63, 3.8) is 0 Å². The molecule has 0 aromatic carbocycles. The Labute approximate surface area is 105 Å². The lowest BCUT2D eigenvalue weighted by atomic mass is 9.94. The van der Waals surface area contributed by atoms with Gasteiger partial charge in [-0.2, -0.15) is 0 Å². The summed E-state index contributed by atoms with van der Waals surface area (Å²) in [4.78, 5) is 32.0. The van der Waals surface area contributed by atoms with Gasteiger partial charge in [-0.3, -0.25) is 9.59 Å². The van der Waals surface area contributed by atoms with E-state index >= 15 is 0 Å². The van der Waals surface area contributed by atoms with Crippen molar-refractivity contribution >= 4 is 17.9 Å². The summed E-state index contributed by atoms with van der Waals surface area (Å²) in [6.45, 7) is 4.88. The molecule has 18 heavy (non-hydrogen) atoms. The summed E-state index contributed by atoms with van der Waals surface area (Å²) in [5, 5.41) is 17.6. The molecule has 0 heterocycles. The standard InChI is InChI=1S/C12H18O6/c1-8(11(14)15)10(12(16)17)6-4-3-5-7-18-9(2)13/h10H,1,3-7H2,2H3,(H,14,15)(H,16,17). The van der Waals surface area contributed by atoms with Crippen LogP contribution in [0.25, 0.3) is 0 Å². The molecule has 0 radical (unpaired) electrons. The van der Waals surface area contributed by atoms with Crippen LogP contribution in [0, 0.1) is 5.92 Å². The van der Waals surface area contributed by atoms with Crippen LogP contribution in [0.1, 0.15) is 32.6 Å². The van der Waals surface area contributed by atoms with Crippen LogP contribution in [0.3, 0.4) is 0 Å². The third-order valence-electron chi connectivity index (χ3n) is 2.44. The van der Waals surface area contributed by atoms with Crippen LogP contribution >= 0.6 is 0 Å². The average Bonchev–Trinajstić information content (AvgIpc) is 2.26. The molecule has 6 heteroatoms. The lowest BCUT2D eigenvalue weighted by molar-refractivity contribution is -0.144. The molecule has 0 aliphatic carbocycles. The van der Waals surface area contributed by atoms with Gasteiger partial charge in [-0.15, -0.1) is 0 Å². The Morgan fingerprint density at radius 3 is 2.22 bits per heavy atom. The highest BCUT2D eigenvalue weighted by molar-refractivity contribution is 5.93. The summed E-state index contributed by atoms with van der Waals surface area (Å²) in [5.74, 6) is -3.88. The zero-order valence-corrected chi connectivity index (χ0v) is 10.3. The van der Waals surface area contributed by atoms with E-state index in [0.29, 0.717) is 25.9 Å². The number of carboxylic acid groups (broad SMARTS) is 2. The van der Waals surface area contributed by atoms with Crippen molar-refractivity contribution in [1.29, 1.82) is 0 Å². The first-order chi connectivity index (χ1) is 8.36. The van der Waals surface area contributed by atoms with Gasteiger partial charge < -0.3 is 14.9 Å². The van der Waals surface area contributed by atoms with E-state index in [0.717, 1.165) is 0 Å². The normalized spacial score (nSPS) is 11.6. The first-order valence-corrected chi connectivity index (χ1v) is 5.64. The molecule has 0 saturated heterocycles. The molecule has 0 amide bonds. The van der Waals surface area contributed by atoms with E-state index in [1.165, 1.54) is 6.92 Å². The molecule has 2 N–H and O–H groups in total. The van der Waals surface area contributed by atoms with Crippen molar-refractivity contribution in [1.82, 2.24) is 0 Å². The third-order valence-corrected chi connectivity index (χ3v) is 2.44. The summed E-state index contributed by atoms with van der Waals surface area (Å²) in [6.07, 6.45) is 2.07. The van der Waals surface area contributed by atoms with Crippen LogP contribution in [-0.2, 0) is 19.1 Å². The number of hydrogen-bond donors (Lipinski definition) is 2. The Morgan fingerprint density at radius 1 is 1.17 bits per heavy atom. The number of rotatable bonds is 9. The predicted molar refractivity (Wildman–Crippen MR) is 63.0 cm³/mol. The van der Waals surface area contributed by atoms with Gasteiger partial charge in [0.15, 0.2) is 0 Å². The molecule has 0 aliphatic rings. The number of unbranched alkanes of at least 4 members (excludes halogenated alkanes) is 2. The second kappa shape index (κ2) is 8.27. The van der Waals surface area contributed by atoms with E-state index in [1.54, 1.807) is 0 Å². The zero-order chi connectivity index (χ0) is 14.1. The topological polar surface area (TPSA) is 101 Å². The molecule has 0 spiro atoms. The maximum Gasteiger partial charge on any atom is 0.331 e. The summed E-state index contributed by atoms with van der Waals surface area (Å²) in [6, 6.07) is 0. The smallest absolute Gasteiger partial charge is 0.331 e. The van der Waals surface area contributed by atoms with Crippen molar-refractivity contribution in [2.45, 2.75) is 32.6 Å². The fraction of sp³-hybridized carbons (Fsp3) is 0.583. The van der Waals surface area contributed by atoms with Crippen LogP contribution < -0.4 is 0 Å². The van der Waals surface area contributed by atoms with E-state index in [2.05, 4.69) is 6.58 Å². The van der Waals surface area contributed by atoms with Crippen LogP contribution in [0.5, 0.6) is 0 Å². The maximum absolute atomic E-state index is 10.9. The van der Waals surface area contributed by atoms with Gasteiger partial charge in [0, 0.05) is 12.5 Å². The maximum atomic E-state index is 10.9. The summed E-state index contributed by atoms with van der Waals surface area (Å²) in [5.41, 5.74) is -0.303. The van der Waals surface area contributed by atoms with Crippen LogP contribution in [-0.4, -0.2) is 34.7 Å². The Balaban J connectivity index is 3.92. The molecule has 0 aliphatic heterocycles. The van der Waals surface area contributed by atoms with Gasteiger partial charge in [0.05, 0.1) is 12.5 Å². The Hall–Kier alpha value is -1.85. The SMILES string of the molecule is C=C(C(=O)O)C(CCCCCOC(C)=O)C(=O)O. The van der Waals surface area contributed by atoms with Crippen molar-refractivity contribution in [3.8, 4) is 0 Å². The third kappa shape index (κ3) is 6.67. The van der Waals surface area contributed by atoms with Gasteiger partial charge in [0.2, 0.25) is 0 Å². The zero-order valence-electron chi connectivity index (χ0n) is 10.3. The Morgan fingerprint density at radius 2 is 1.78 bits per heavy atom. The van der Waals surface area contributed by atoms with Crippen molar-refractivity contribution in [2.75, 3.05) is 6.61 Å². The van der Waals surface area contributed by atoms with Gasteiger partial charge in [-0.05, 0) is 12.8 Å². The molecule has 6 nitrogen and oxygen atoms in total. The molecule has 0 rings (SSSR count). The van der Waals surface area contributed by atoms with Crippen LogP contribution in [0.2, 0.25) is 0 Å². The number of carbonyl (C=O) groups excluding carboxylic acids is 1. The van der Waals surface area contributed by atoms with Crippen LogP contribution in [0.4, 0.5) is 0 Å². The van der Waals surface area contributed by atoms with Crippen molar-refractivity contribution in [3.05, 3.63) is 12.2 Å². The number of ether oxygens (including phenoxy) is 1. The highest BCUT2D eigenvalue weighted by Crippen LogP contribution is 2.18. The quantitative estimate of drug-likeness (QED) is 0.369. The second-order valence-corrected chi connectivity index (χ2v) is 3.91. The first kappa shape index (κ1) is 16.1. The monoisotopic (exact) mass is 258 g/mol. The number of aliphatic carboxylic acids is 2. The summed E-state index contributed by atoms with van der Waals surface area (Å²) < 4.78 is 4.72. The van der Waals surface area contributed by atoms with Gasteiger partial charge in [-0.25, -0.2) is 4.79 Å². The minimum absolute atomic E-state index is 0.223. The first-order valence-electron chi connectivity index (χ1n) is 5.64. The predicted octanol–water partition coefficient (Wildman–Crippen LogP) is 1.45. The molecule has 1 unspecified atom stereocenters. The Kier molecular flexibility index (Phi) is 7.42. The molecule has 102 valence electrons. The fourth-order valence-electron chi connectivity index (χ4n) is 1.44. The van der Waals surface area contributed by atoms with Gasteiger partial charge in [0.25, 0.3) is 0 Å². The van der Waals surface area contributed by atoms with Crippen LogP contribution in [0.15, 0.2) is 12.2 Å². The van der Waals surface area contributed by atoms with E-state index < -0.39 is 17.9 Å². The molecule has 0 fully saturated rings. The summed E-state index contributed by atoms with van der Waals surface area (Å²) in [7, 11) is 0. The van der Waals surface area contributed by atoms with E-state index in [4.69, 9.17) is 14.9 Å². The minimum atomic E-state index is -1.29. The number of carboxylic acids is 2. The molecule has 0 aromatic heterocycles. The van der Waals surface area contributed by atoms with E-state index in [1.807, 2.05) is 0 Å². The van der Waals surface area contributed by atoms with E-state index in [-0.39, 0.29) is 18.0 Å². The van der Waals surface area contributed by atoms with Gasteiger partial charge >= 0.3 is 17.9 Å². The average molecular weight is 258 g/mol.